The molecule has 0 saturated carbocycles. The molecule has 0 rings (SSSR count). The van der Waals surface area contributed by atoms with Gasteiger partial charge < -0.3 is 9.79 Å². The first-order chi connectivity index (χ1) is 4.52. The summed E-state index contributed by atoms with van der Waals surface area (Å²) in [6, 6.07) is 0. The monoisotopic (exact) mass is 181 g/mol. The van der Waals surface area contributed by atoms with Crippen molar-refractivity contribution < 1.29 is 14.4 Å². The quantitative estimate of drug-likeness (QED) is 0.503. The lowest BCUT2D eigenvalue weighted by atomic mass is 10.6. The third kappa shape index (κ3) is 3.23. The van der Waals surface area contributed by atoms with Gasteiger partial charge in [0, 0.05) is 0 Å². The molecule has 1 atom stereocenters. The maximum atomic E-state index is 10.5. The van der Waals surface area contributed by atoms with E-state index in [4.69, 9.17) is 15.0 Å². The largest absolute Gasteiger partial charge is 0.339 e. The van der Waals surface area contributed by atoms with Crippen molar-refractivity contribution in [2.24, 2.45) is 0 Å². The van der Waals surface area contributed by atoms with Crippen LogP contribution in [0.1, 0.15) is 13.3 Å². The first-order valence-corrected chi connectivity index (χ1v) is 5.18. The molecule has 0 spiro atoms. The van der Waals surface area contributed by atoms with E-state index in [2.05, 4.69) is 0 Å². The minimum absolute atomic E-state index is 0.308. The second kappa shape index (κ2) is 3.99. The van der Waals surface area contributed by atoms with E-state index in [9.17, 15) is 4.57 Å². The Morgan fingerprint density at radius 1 is 1.80 bits per heavy atom. The van der Waals surface area contributed by atoms with E-state index < -0.39 is 12.6 Å². The van der Waals surface area contributed by atoms with Crippen LogP contribution >= 0.6 is 19.4 Å². The predicted octanol–water partition coefficient (Wildman–Crippen LogP) is 1.11. The minimum Gasteiger partial charge on any atom is -0.324 e. The second-order valence-electron chi connectivity index (χ2n) is 1.66. The van der Waals surface area contributed by atoms with E-state index in [1.807, 2.05) is 0 Å². The Hall–Kier alpha value is -0.0100. The number of rotatable bonds is 3. The van der Waals surface area contributed by atoms with Crippen molar-refractivity contribution >= 4 is 19.4 Å². The summed E-state index contributed by atoms with van der Waals surface area (Å²) in [5.74, 6) is 0. The van der Waals surface area contributed by atoms with Gasteiger partial charge in [0.1, 0.15) is 10.4 Å². The van der Waals surface area contributed by atoms with E-state index in [1.165, 1.54) is 0 Å². The van der Waals surface area contributed by atoms with Gasteiger partial charge in [0.2, 0.25) is 0 Å². The average Bonchev–Trinajstić information content (AvgIpc) is 1.80. The molecule has 0 aliphatic carbocycles. The molecule has 6 heteroatoms. The van der Waals surface area contributed by atoms with Crippen molar-refractivity contribution in [3.8, 4) is 5.40 Å². The molecule has 58 valence electrons. The van der Waals surface area contributed by atoms with Gasteiger partial charge in [-0.3, -0.25) is 4.57 Å². The SMILES string of the molecule is CCC(SC#N)P(=O)(O)O. The van der Waals surface area contributed by atoms with Crippen molar-refractivity contribution in [1.29, 1.82) is 5.26 Å². The fourth-order valence-electron chi connectivity index (χ4n) is 0.451. The van der Waals surface area contributed by atoms with Gasteiger partial charge in [-0.05, 0) is 18.2 Å². The van der Waals surface area contributed by atoms with Crippen molar-refractivity contribution in [2.45, 2.75) is 18.3 Å². The highest BCUT2D eigenvalue weighted by Gasteiger charge is 2.27. The normalized spacial score (nSPS) is 14.2. The lowest BCUT2D eigenvalue weighted by Crippen LogP contribution is -1.99. The molecule has 1 unspecified atom stereocenters. The molecule has 2 N–H and O–H groups in total. The van der Waals surface area contributed by atoms with Gasteiger partial charge in [-0.1, -0.05) is 6.92 Å². The van der Waals surface area contributed by atoms with E-state index >= 15 is 0 Å². The second-order valence-corrected chi connectivity index (χ2v) is 4.80. The summed E-state index contributed by atoms with van der Waals surface area (Å²) in [7, 11) is -4.05. The van der Waals surface area contributed by atoms with Gasteiger partial charge >= 0.3 is 7.60 Å². The summed E-state index contributed by atoms with van der Waals surface area (Å²) in [5, 5.41) is 9.75. The number of hydrogen-bond acceptors (Lipinski definition) is 3. The molecular formula is C4H8NO3PS. The number of thiocyanates is 1. The standard InChI is InChI=1S/C4H8NO3PS/c1-2-4(10-3-5)9(6,7)8/h4H,2H2,1H3,(H2,6,7,8). The van der Waals surface area contributed by atoms with E-state index in [1.54, 1.807) is 12.3 Å². The van der Waals surface area contributed by atoms with Crippen molar-refractivity contribution in [3.63, 3.8) is 0 Å². The number of thioether (sulfide) groups is 1. The summed E-state index contributed by atoms with van der Waals surface area (Å²) in [6.07, 6.45) is 0.308. The Labute approximate surface area is 63.4 Å². The maximum absolute atomic E-state index is 10.5. The van der Waals surface area contributed by atoms with Crippen LogP contribution in [0.5, 0.6) is 0 Å². The topological polar surface area (TPSA) is 81.3 Å². The fraction of sp³-hybridized carbons (Fsp3) is 0.750. The average molecular weight is 181 g/mol. The third-order valence-electron chi connectivity index (χ3n) is 0.913. The highest BCUT2D eigenvalue weighted by atomic mass is 32.2. The van der Waals surface area contributed by atoms with Gasteiger partial charge in [0.15, 0.2) is 0 Å². The first kappa shape index (κ1) is 9.99. The molecule has 0 radical (unpaired) electrons. The van der Waals surface area contributed by atoms with Crippen LogP contribution in [0.3, 0.4) is 0 Å². The molecule has 0 heterocycles. The maximum Gasteiger partial charge on any atom is 0.339 e. The Morgan fingerprint density at radius 3 is 2.40 bits per heavy atom. The van der Waals surface area contributed by atoms with Crippen molar-refractivity contribution in [3.05, 3.63) is 0 Å². The first-order valence-electron chi connectivity index (χ1n) is 2.62. The van der Waals surface area contributed by atoms with Gasteiger partial charge in [-0.25, -0.2) is 0 Å². The molecule has 0 bridgehead atoms. The Bertz CT molecular complexity index is 183. The number of nitrogens with zero attached hydrogens (tertiary/aromatic N) is 1. The van der Waals surface area contributed by atoms with Crippen molar-refractivity contribution in [2.75, 3.05) is 0 Å². The summed E-state index contributed by atoms with van der Waals surface area (Å²) in [5.41, 5.74) is 0. The predicted molar refractivity (Wildman–Crippen MR) is 39.3 cm³/mol. The van der Waals surface area contributed by atoms with Crippen LogP contribution in [0, 0.1) is 10.7 Å². The molecular weight excluding hydrogens is 173 g/mol. The summed E-state index contributed by atoms with van der Waals surface area (Å²) >= 11 is 0.626. The van der Waals surface area contributed by atoms with Crippen LogP contribution in [0.15, 0.2) is 0 Å². The van der Waals surface area contributed by atoms with E-state index in [0.717, 1.165) is 0 Å². The zero-order valence-corrected chi connectivity index (χ0v) is 7.10. The lowest BCUT2D eigenvalue weighted by molar-refractivity contribution is 0.369. The molecule has 0 aliphatic rings. The highest BCUT2D eigenvalue weighted by molar-refractivity contribution is 8.09. The zero-order chi connectivity index (χ0) is 8.20. The summed E-state index contributed by atoms with van der Waals surface area (Å²) in [6.45, 7) is 1.63. The Morgan fingerprint density at radius 2 is 2.30 bits per heavy atom. The zero-order valence-electron chi connectivity index (χ0n) is 5.39. The minimum atomic E-state index is -4.05. The van der Waals surface area contributed by atoms with Crippen LogP contribution in [0.25, 0.3) is 0 Å². The summed E-state index contributed by atoms with van der Waals surface area (Å²) < 4.78 is 10.5. The molecule has 0 aromatic carbocycles. The molecule has 0 aromatic rings. The van der Waals surface area contributed by atoms with Crippen molar-refractivity contribution in [1.82, 2.24) is 0 Å². The highest BCUT2D eigenvalue weighted by Crippen LogP contribution is 2.48. The number of hydrogen-bond donors (Lipinski definition) is 2. The molecule has 0 amide bonds. The van der Waals surface area contributed by atoms with Crippen LogP contribution in [0.2, 0.25) is 0 Å². The Kier molecular flexibility index (Phi) is 3.99. The van der Waals surface area contributed by atoms with Crippen LogP contribution in [-0.4, -0.2) is 14.8 Å². The number of nitriles is 1. The lowest BCUT2D eigenvalue weighted by Gasteiger charge is -2.10. The van der Waals surface area contributed by atoms with Crippen LogP contribution < -0.4 is 0 Å². The molecule has 0 saturated heterocycles. The fourth-order valence-corrected chi connectivity index (χ4v) is 1.91. The van der Waals surface area contributed by atoms with Crippen LogP contribution in [-0.2, 0) is 4.57 Å². The third-order valence-corrected chi connectivity index (χ3v) is 3.88. The molecule has 4 nitrogen and oxygen atoms in total. The Balaban J connectivity index is 4.11. The van der Waals surface area contributed by atoms with Gasteiger partial charge in [-0.2, -0.15) is 5.26 Å². The molecule has 0 aliphatic heterocycles. The smallest absolute Gasteiger partial charge is 0.324 e. The van der Waals surface area contributed by atoms with Crippen LogP contribution in [0.4, 0.5) is 0 Å². The van der Waals surface area contributed by atoms with Gasteiger partial charge in [-0.15, -0.1) is 0 Å². The molecule has 0 fully saturated rings. The molecule has 10 heavy (non-hydrogen) atoms. The van der Waals surface area contributed by atoms with E-state index in [0.29, 0.717) is 18.2 Å². The summed E-state index contributed by atoms with van der Waals surface area (Å²) in [4.78, 5) is 16.2. The van der Waals surface area contributed by atoms with Gasteiger partial charge in [0.05, 0.1) is 0 Å². The molecule has 0 aromatic heterocycles. The van der Waals surface area contributed by atoms with Gasteiger partial charge in [0.25, 0.3) is 0 Å². The van der Waals surface area contributed by atoms with E-state index in [-0.39, 0.29) is 0 Å².